The van der Waals surface area contributed by atoms with E-state index in [4.69, 9.17) is 9.72 Å². The first-order valence-electron chi connectivity index (χ1n) is 17.4. The predicted octanol–water partition coefficient (Wildman–Crippen LogP) is 11.8. The molecule has 250 valence electrons. The summed E-state index contributed by atoms with van der Waals surface area (Å²) in [7, 11) is 0. The Bertz CT molecular complexity index is 2210. The second-order valence-corrected chi connectivity index (χ2v) is 15.8. The monoisotopic (exact) mass is 648 g/mol. The fourth-order valence-electron chi connectivity index (χ4n) is 6.75. The molecule has 0 amide bonds. The number of benzene rings is 4. The van der Waals surface area contributed by atoms with Gasteiger partial charge in [-0.1, -0.05) is 85.7 Å². The molecular formula is C44H48N4O. The van der Waals surface area contributed by atoms with Crippen molar-refractivity contribution in [2.24, 2.45) is 0 Å². The number of aromatic nitrogens is 2. The second-order valence-electron chi connectivity index (χ2n) is 15.8. The van der Waals surface area contributed by atoms with Crippen LogP contribution in [0, 0.1) is 6.92 Å². The van der Waals surface area contributed by atoms with E-state index >= 15 is 0 Å². The van der Waals surface area contributed by atoms with Crippen molar-refractivity contribution in [3.05, 3.63) is 132 Å². The third-order valence-electron chi connectivity index (χ3n) is 9.74. The second kappa shape index (κ2) is 12.1. The lowest BCUT2D eigenvalue weighted by atomic mass is 9.86. The first-order chi connectivity index (χ1) is 23.3. The molecule has 2 aromatic heterocycles. The van der Waals surface area contributed by atoms with E-state index in [1.165, 1.54) is 38.7 Å². The highest BCUT2D eigenvalue weighted by molar-refractivity contribution is 6.09. The molecule has 5 nitrogen and oxygen atoms in total. The van der Waals surface area contributed by atoms with Crippen LogP contribution in [-0.4, -0.2) is 16.2 Å². The fourth-order valence-corrected chi connectivity index (χ4v) is 6.75. The number of anilines is 2. The Labute approximate surface area is 291 Å². The number of ether oxygens (including phenoxy) is 1. The molecule has 7 rings (SSSR count). The van der Waals surface area contributed by atoms with Crippen LogP contribution in [0.3, 0.4) is 0 Å². The van der Waals surface area contributed by atoms with Gasteiger partial charge in [0.1, 0.15) is 17.3 Å². The van der Waals surface area contributed by atoms with Gasteiger partial charge in [-0.15, -0.1) is 0 Å². The number of hydrogen-bond donors (Lipinski definition) is 0. The fraction of sp³-hybridized carbons (Fsp3) is 0.295. The summed E-state index contributed by atoms with van der Waals surface area (Å²) < 4.78 is 9.02. The van der Waals surface area contributed by atoms with E-state index in [0.29, 0.717) is 5.92 Å². The lowest BCUT2D eigenvalue weighted by molar-refractivity contribution is 0.479. The minimum atomic E-state index is -0.0549. The third kappa shape index (κ3) is 6.30. The quantitative estimate of drug-likeness (QED) is 0.180. The summed E-state index contributed by atoms with van der Waals surface area (Å²) in [5.41, 5.74) is 9.63. The summed E-state index contributed by atoms with van der Waals surface area (Å²) in [5, 5.41) is 2.37. The zero-order chi connectivity index (χ0) is 34.7. The van der Waals surface area contributed by atoms with E-state index in [1.54, 1.807) is 0 Å². The molecule has 0 atom stereocenters. The first kappa shape index (κ1) is 32.5. The van der Waals surface area contributed by atoms with E-state index in [1.807, 2.05) is 6.20 Å². The SMILES string of the molecule is Cc1cc(C(C)C)ccc1N1C=CN(c2cc(Oc3ccc4c5ccccc5n(-c5cc(C(C)(C)C)ccn5)c4c3)cc(C(C)(C)C)c2)C1. The highest BCUT2D eigenvalue weighted by Crippen LogP contribution is 2.39. The molecular weight excluding hydrogens is 601 g/mol. The summed E-state index contributed by atoms with van der Waals surface area (Å²) in [6, 6.07) is 32.8. The third-order valence-corrected chi connectivity index (χ3v) is 9.74. The average Bonchev–Trinajstić information content (AvgIpc) is 3.67. The van der Waals surface area contributed by atoms with Gasteiger partial charge in [0.2, 0.25) is 0 Å². The van der Waals surface area contributed by atoms with Gasteiger partial charge in [-0.05, 0) is 94.5 Å². The molecule has 5 heteroatoms. The van der Waals surface area contributed by atoms with Crippen molar-refractivity contribution < 1.29 is 4.74 Å². The maximum absolute atomic E-state index is 6.76. The van der Waals surface area contributed by atoms with Crippen LogP contribution in [0.2, 0.25) is 0 Å². The Balaban J connectivity index is 1.25. The van der Waals surface area contributed by atoms with Crippen molar-refractivity contribution in [1.82, 2.24) is 9.55 Å². The van der Waals surface area contributed by atoms with Crippen molar-refractivity contribution in [2.75, 3.05) is 16.5 Å². The first-order valence-corrected chi connectivity index (χ1v) is 17.4. The zero-order valence-electron chi connectivity index (χ0n) is 30.4. The van der Waals surface area contributed by atoms with Crippen LogP contribution in [0.25, 0.3) is 27.6 Å². The highest BCUT2D eigenvalue weighted by atomic mass is 16.5. The van der Waals surface area contributed by atoms with E-state index in [-0.39, 0.29) is 10.8 Å². The number of rotatable bonds is 6. The summed E-state index contributed by atoms with van der Waals surface area (Å²) in [6.07, 6.45) is 6.27. The minimum absolute atomic E-state index is 0.0132. The van der Waals surface area contributed by atoms with Crippen molar-refractivity contribution in [1.29, 1.82) is 0 Å². The molecule has 6 aromatic rings. The molecule has 1 aliphatic rings. The summed E-state index contributed by atoms with van der Waals surface area (Å²) in [5.74, 6) is 3.03. The van der Waals surface area contributed by atoms with E-state index in [2.05, 4.69) is 180 Å². The number of fused-ring (bicyclic) bond motifs is 3. The van der Waals surface area contributed by atoms with Gasteiger partial charge in [-0.3, -0.25) is 4.57 Å². The summed E-state index contributed by atoms with van der Waals surface area (Å²) in [4.78, 5) is 9.47. The van der Waals surface area contributed by atoms with Gasteiger partial charge in [-0.2, -0.15) is 0 Å². The van der Waals surface area contributed by atoms with Gasteiger partial charge in [0.05, 0.1) is 17.7 Å². The molecule has 0 fully saturated rings. The molecule has 1 aliphatic heterocycles. The average molecular weight is 649 g/mol. The van der Waals surface area contributed by atoms with E-state index in [9.17, 15) is 0 Å². The molecule has 49 heavy (non-hydrogen) atoms. The number of hydrogen-bond acceptors (Lipinski definition) is 4. The van der Waals surface area contributed by atoms with Crippen LogP contribution >= 0.6 is 0 Å². The Morgan fingerprint density at radius 2 is 1.41 bits per heavy atom. The highest BCUT2D eigenvalue weighted by Gasteiger charge is 2.23. The van der Waals surface area contributed by atoms with Gasteiger partial charge in [0.25, 0.3) is 0 Å². The molecule has 4 aromatic carbocycles. The molecule has 0 unspecified atom stereocenters. The zero-order valence-corrected chi connectivity index (χ0v) is 30.4. The lowest BCUT2D eigenvalue weighted by Gasteiger charge is -2.26. The molecule has 0 aliphatic carbocycles. The van der Waals surface area contributed by atoms with Crippen molar-refractivity contribution in [3.8, 4) is 17.3 Å². The van der Waals surface area contributed by atoms with Crippen LogP contribution < -0.4 is 14.5 Å². The molecule has 0 spiro atoms. The van der Waals surface area contributed by atoms with Crippen LogP contribution in [0.1, 0.15) is 83.6 Å². The Morgan fingerprint density at radius 1 is 0.673 bits per heavy atom. The molecule has 0 saturated carbocycles. The van der Waals surface area contributed by atoms with Crippen molar-refractivity contribution in [3.63, 3.8) is 0 Å². The molecule has 0 radical (unpaired) electrons. The normalized spacial score (nSPS) is 13.8. The predicted molar refractivity (Wildman–Crippen MR) is 207 cm³/mol. The Kier molecular flexibility index (Phi) is 8.05. The molecule has 0 bridgehead atoms. The van der Waals surface area contributed by atoms with Gasteiger partial charge < -0.3 is 14.5 Å². The standard InChI is InChI=1S/C44H48N4O/c1-29(2)31-14-17-39(30(3)22-31)47-21-20-46(28-47)34-23-33(44(7,8)9)24-36(26-34)49-35-15-16-38-37-12-10-11-13-40(37)48(41(38)27-35)42-25-32(18-19-45-42)43(4,5)6/h10-27,29H,28H2,1-9H3. The largest absolute Gasteiger partial charge is 0.457 e. The Hall–Kier alpha value is -5.03. The van der Waals surface area contributed by atoms with E-state index in [0.717, 1.165) is 40.7 Å². The van der Waals surface area contributed by atoms with E-state index < -0.39 is 0 Å². The number of para-hydroxylation sites is 1. The van der Waals surface area contributed by atoms with Gasteiger partial charge >= 0.3 is 0 Å². The molecule has 3 heterocycles. The van der Waals surface area contributed by atoms with Crippen LogP contribution in [0.15, 0.2) is 110 Å². The van der Waals surface area contributed by atoms with Crippen LogP contribution in [0.5, 0.6) is 11.5 Å². The van der Waals surface area contributed by atoms with Crippen molar-refractivity contribution >= 4 is 33.2 Å². The summed E-state index contributed by atoms with van der Waals surface area (Å²) >= 11 is 0. The smallest absolute Gasteiger partial charge is 0.137 e. The summed E-state index contributed by atoms with van der Waals surface area (Å²) in [6.45, 7) is 20.9. The van der Waals surface area contributed by atoms with Gasteiger partial charge in [0, 0.05) is 52.9 Å². The van der Waals surface area contributed by atoms with Crippen molar-refractivity contribution in [2.45, 2.75) is 79.1 Å². The maximum Gasteiger partial charge on any atom is 0.137 e. The van der Waals surface area contributed by atoms with Crippen LogP contribution in [0.4, 0.5) is 11.4 Å². The number of nitrogens with zero attached hydrogens (tertiary/aromatic N) is 4. The lowest BCUT2D eigenvalue weighted by Crippen LogP contribution is -2.25. The van der Waals surface area contributed by atoms with Crippen LogP contribution in [-0.2, 0) is 10.8 Å². The number of aryl methyl sites for hydroxylation is 1. The van der Waals surface area contributed by atoms with Gasteiger partial charge in [-0.25, -0.2) is 4.98 Å². The van der Waals surface area contributed by atoms with Gasteiger partial charge in [0.15, 0.2) is 0 Å². The maximum atomic E-state index is 6.76. The Morgan fingerprint density at radius 3 is 2.14 bits per heavy atom. The minimum Gasteiger partial charge on any atom is -0.457 e. The number of pyridine rings is 1. The molecule has 0 N–H and O–H groups in total. The molecule has 0 saturated heterocycles. The topological polar surface area (TPSA) is 33.5 Å².